The first kappa shape index (κ1) is 22.8. The predicted octanol–water partition coefficient (Wildman–Crippen LogP) is 3.99. The summed E-state index contributed by atoms with van der Waals surface area (Å²) in [5, 5.41) is 12.6. The minimum absolute atomic E-state index is 0.111. The number of ether oxygens (including phenoxy) is 1. The largest absolute Gasteiger partial charge is 0.508 e. The van der Waals surface area contributed by atoms with Crippen LogP contribution in [-0.2, 0) is 16.0 Å². The monoisotopic (exact) mass is 457 g/mol. The molecular formula is C27H23NO6. The summed E-state index contributed by atoms with van der Waals surface area (Å²) in [6.07, 6.45) is 0.207. The van der Waals surface area contributed by atoms with E-state index < -0.39 is 17.9 Å². The molecule has 0 saturated carbocycles. The normalized spacial score (nSPS) is 11.7. The van der Waals surface area contributed by atoms with Gasteiger partial charge in [0, 0.05) is 23.6 Å². The molecule has 0 radical (unpaired) electrons. The Morgan fingerprint density at radius 2 is 1.71 bits per heavy atom. The Morgan fingerprint density at radius 3 is 2.38 bits per heavy atom. The van der Waals surface area contributed by atoms with Crippen LogP contribution in [0.1, 0.15) is 21.5 Å². The van der Waals surface area contributed by atoms with E-state index in [9.17, 15) is 19.5 Å². The van der Waals surface area contributed by atoms with Gasteiger partial charge in [0.15, 0.2) is 5.43 Å². The highest BCUT2D eigenvalue weighted by molar-refractivity contribution is 5.97. The number of rotatable bonds is 6. The number of carbonyl (C=O) groups is 2. The molecule has 3 aromatic carbocycles. The second kappa shape index (κ2) is 9.62. The molecule has 4 rings (SSSR count). The van der Waals surface area contributed by atoms with Crippen molar-refractivity contribution in [2.75, 3.05) is 7.11 Å². The van der Waals surface area contributed by atoms with Crippen LogP contribution in [0.2, 0.25) is 0 Å². The van der Waals surface area contributed by atoms with Gasteiger partial charge in [0.05, 0.1) is 12.5 Å². The number of phenols is 1. The molecule has 1 heterocycles. The van der Waals surface area contributed by atoms with Gasteiger partial charge < -0.3 is 19.6 Å². The SMILES string of the molecule is COC(=O)C(Cc1ccc(O)cc1)NC(=O)c1ccc(-c2cc(=O)c3cc(C)ccc3o2)cc1. The standard InChI is InChI=1S/C27H23NO6/c1-16-3-12-24-21(13-16)23(30)15-25(34-24)18-6-8-19(9-7-18)26(31)28-22(27(32)33-2)14-17-4-10-20(29)11-5-17/h3-13,15,22,29H,14H2,1-2H3,(H,28,31). The third-order valence-electron chi connectivity index (χ3n) is 5.48. The lowest BCUT2D eigenvalue weighted by atomic mass is 10.0. The van der Waals surface area contributed by atoms with Crippen LogP contribution >= 0.6 is 0 Å². The van der Waals surface area contributed by atoms with Crippen LogP contribution in [0.5, 0.6) is 5.75 Å². The van der Waals surface area contributed by atoms with Crippen LogP contribution in [-0.4, -0.2) is 30.1 Å². The average molecular weight is 457 g/mol. The van der Waals surface area contributed by atoms with Crippen molar-refractivity contribution in [3.05, 3.63) is 99.7 Å². The maximum atomic E-state index is 12.8. The fourth-order valence-electron chi connectivity index (χ4n) is 3.64. The van der Waals surface area contributed by atoms with Crippen molar-refractivity contribution in [1.29, 1.82) is 0 Å². The molecule has 7 nitrogen and oxygen atoms in total. The molecule has 0 aliphatic rings. The highest BCUT2D eigenvalue weighted by Gasteiger charge is 2.23. The van der Waals surface area contributed by atoms with Gasteiger partial charge in [0.1, 0.15) is 23.1 Å². The van der Waals surface area contributed by atoms with Crippen molar-refractivity contribution in [3.8, 4) is 17.1 Å². The molecule has 4 aromatic rings. The van der Waals surface area contributed by atoms with Gasteiger partial charge in [-0.2, -0.15) is 0 Å². The number of esters is 1. The summed E-state index contributed by atoms with van der Waals surface area (Å²) in [4.78, 5) is 37.5. The molecule has 172 valence electrons. The van der Waals surface area contributed by atoms with Crippen LogP contribution in [0.25, 0.3) is 22.3 Å². The maximum Gasteiger partial charge on any atom is 0.328 e. The van der Waals surface area contributed by atoms with E-state index in [4.69, 9.17) is 9.15 Å². The Hall–Kier alpha value is -4.39. The zero-order valence-electron chi connectivity index (χ0n) is 18.7. The number of methoxy groups -OCH3 is 1. The molecule has 1 aromatic heterocycles. The molecule has 0 spiro atoms. The Balaban J connectivity index is 1.53. The molecule has 0 saturated heterocycles. The Bertz CT molecular complexity index is 1400. The van der Waals surface area contributed by atoms with Gasteiger partial charge >= 0.3 is 5.97 Å². The average Bonchev–Trinajstić information content (AvgIpc) is 2.84. The van der Waals surface area contributed by atoms with E-state index in [0.717, 1.165) is 11.1 Å². The number of benzene rings is 3. The van der Waals surface area contributed by atoms with Crippen LogP contribution < -0.4 is 10.7 Å². The highest BCUT2D eigenvalue weighted by atomic mass is 16.5. The highest BCUT2D eigenvalue weighted by Crippen LogP contribution is 2.23. The molecule has 0 fully saturated rings. The molecule has 7 heteroatoms. The van der Waals surface area contributed by atoms with Gasteiger partial charge in [0.25, 0.3) is 5.91 Å². The van der Waals surface area contributed by atoms with Crippen LogP contribution in [0.4, 0.5) is 0 Å². The molecule has 1 unspecified atom stereocenters. The third kappa shape index (κ3) is 4.99. The summed E-state index contributed by atoms with van der Waals surface area (Å²) in [5.41, 5.74) is 3.05. The molecule has 1 amide bonds. The molecule has 34 heavy (non-hydrogen) atoms. The van der Waals surface area contributed by atoms with E-state index in [-0.39, 0.29) is 17.6 Å². The molecule has 1 atom stereocenters. The van der Waals surface area contributed by atoms with E-state index in [0.29, 0.717) is 27.9 Å². The van der Waals surface area contributed by atoms with Crippen molar-refractivity contribution in [2.45, 2.75) is 19.4 Å². The zero-order chi connectivity index (χ0) is 24.2. The topological polar surface area (TPSA) is 106 Å². The zero-order valence-corrected chi connectivity index (χ0v) is 18.7. The van der Waals surface area contributed by atoms with Crippen molar-refractivity contribution < 1.29 is 23.8 Å². The number of amides is 1. The lowest BCUT2D eigenvalue weighted by Gasteiger charge is -2.17. The van der Waals surface area contributed by atoms with Gasteiger partial charge in [-0.05, 0) is 48.9 Å². The Kier molecular flexibility index (Phi) is 6.45. The fraction of sp³-hybridized carbons (Fsp3) is 0.148. The first-order valence-electron chi connectivity index (χ1n) is 10.7. The first-order chi connectivity index (χ1) is 16.3. The second-order valence-corrected chi connectivity index (χ2v) is 7.97. The number of fused-ring (bicyclic) bond motifs is 1. The number of carbonyl (C=O) groups excluding carboxylic acids is 2. The molecule has 2 N–H and O–H groups in total. The first-order valence-corrected chi connectivity index (χ1v) is 10.7. The molecular weight excluding hydrogens is 434 g/mol. The quantitative estimate of drug-likeness (QED) is 0.424. The summed E-state index contributed by atoms with van der Waals surface area (Å²) in [6, 6.07) is 18.9. The van der Waals surface area contributed by atoms with Gasteiger partial charge in [-0.25, -0.2) is 4.79 Å². The minimum atomic E-state index is -0.899. The van der Waals surface area contributed by atoms with E-state index in [1.54, 1.807) is 48.5 Å². The van der Waals surface area contributed by atoms with Crippen LogP contribution in [0.3, 0.4) is 0 Å². The molecule has 0 aliphatic heterocycles. The van der Waals surface area contributed by atoms with Crippen LogP contribution in [0.15, 0.2) is 82.0 Å². The lowest BCUT2D eigenvalue weighted by molar-refractivity contribution is -0.142. The predicted molar refractivity (Wildman–Crippen MR) is 128 cm³/mol. The third-order valence-corrected chi connectivity index (χ3v) is 5.48. The maximum absolute atomic E-state index is 12.8. The number of phenolic OH excluding ortho intramolecular Hbond substituents is 1. The number of hydrogen-bond acceptors (Lipinski definition) is 6. The van der Waals surface area contributed by atoms with Gasteiger partial charge in [-0.3, -0.25) is 9.59 Å². The van der Waals surface area contributed by atoms with Gasteiger partial charge in [0.2, 0.25) is 0 Å². The number of aromatic hydroxyl groups is 1. The number of nitrogens with one attached hydrogen (secondary N) is 1. The summed E-state index contributed by atoms with van der Waals surface area (Å²) >= 11 is 0. The Morgan fingerprint density at radius 1 is 1.00 bits per heavy atom. The van der Waals surface area contributed by atoms with E-state index >= 15 is 0 Å². The van der Waals surface area contributed by atoms with Crippen molar-refractivity contribution in [1.82, 2.24) is 5.32 Å². The van der Waals surface area contributed by atoms with Crippen molar-refractivity contribution in [3.63, 3.8) is 0 Å². The van der Waals surface area contributed by atoms with E-state index in [1.165, 1.54) is 25.3 Å². The van der Waals surface area contributed by atoms with Crippen molar-refractivity contribution in [2.24, 2.45) is 0 Å². The number of hydrogen-bond donors (Lipinski definition) is 2. The molecule has 0 bridgehead atoms. The summed E-state index contributed by atoms with van der Waals surface area (Å²) in [7, 11) is 1.26. The lowest BCUT2D eigenvalue weighted by Crippen LogP contribution is -2.43. The van der Waals surface area contributed by atoms with E-state index in [2.05, 4.69) is 5.32 Å². The summed E-state index contributed by atoms with van der Waals surface area (Å²) in [6.45, 7) is 1.91. The second-order valence-electron chi connectivity index (χ2n) is 7.97. The van der Waals surface area contributed by atoms with Crippen molar-refractivity contribution >= 4 is 22.8 Å². The van der Waals surface area contributed by atoms with Gasteiger partial charge in [-0.1, -0.05) is 35.9 Å². The number of aryl methyl sites for hydroxylation is 1. The summed E-state index contributed by atoms with van der Waals surface area (Å²) < 4.78 is 10.7. The van der Waals surface area contributed by atoms with Crippen LogP contribution in [0, 0.1) is 6.92 Å². The van der Waals surface area contributed by atoms with E-state index in [1.807, 2.05) is 13.0 Å². The summed E-state index contributed by atoms with van der Waals surface area (Å²) in [5.74, 6) is -0.518. The smallest absolute Gasteiger partial charge is 0.328 e. The fourth-order valence-corrected chi connectivity index (χ4v) is 3.64. The minimum Gasteiger partial charge on any atom is -0.508 e. The molecule has 0 aliphatic carbocycles. The van der Waals surface area contributed by atoms with Gasteiger partial charge in [-0.15, -0.1) is 0 Å². The Labute approximate surface area is 195 Å².